The van der Waals surface area contributed by atoms with Crippen molar-refractivity contribution in [2.45, 2.75) is 52.6 Å². The van der Waals surface area contributed by atoms with Crippen molar-refractivity contribution in [2.24, 2.45) is 17.3 Å². The van der Waals surface area contributed by atoms with Crippen molar-refractivity contribution < 1.29 is 9.90 Å². The number of hydrogen-bond acceptors (Lipinski definition) is 3. The SMILES string of the molecule is CC(O)C1CCN(C(=O)C(C)(C)C2CCCNC2)CC1. The lowest BCUT2D eigenvalue weighted by molar-refractivity contribution is -0.145. The number of carbonyl (C=O) groups excluding carboxylic acids is 1. The molecule has 0 aliphatic carbocycles. The zero-order valence-electron chi connectivity index (χ0n) is 13.2. The van der Waals surface area contributed by atoms with E-state index in [0.29, 0.717) is 17.7 Å². The molecule has 0 aromatic rings. The molecule has 0 aromatic carbocycles. The number of nitrogens with one attached hydrogen (secondary N) is 1. The summed E-state index contributed by atoms with van der Waals surface area (Å²) in [5, 5.41) is 13.1. The number of carbonyl (C=O) groups is 1. The van der Waals surface area contributed by atoms with Crippen LogP contribution in [0.25, 0.3) is 0 Å². The second kappa shape index (κ2) is 6.44. The summed E-state index contributed by atoms with van der Waals surface area (Å²) >= 11 is 0. The number of aliphatic hydroxyl groups excluding tert-OH is 1. The first-order chi connectivity index (χ1) is 9.43. The van der Waals surface area contributed by atoms with Gasteiger partial charge in [-0.1, -0.05) is 13.8 Å². The van der Waals surface area contributed by atoms with E-state index in [1.165, 1.54) is 6.42 Å². The molecule has 2 unspecified atom stereocenters. The first kappa shape index (κ1) is 15.8. The standard InChI is InChI=1S/C16H30N2O2/c1-12(19)13-6-9-18(10-7-13)15(20)16(2,3)14-5-4-8-17-11-14/h12-14,17,19H,4-11H2,1-3H3. The van der Waals surface area contributed by atoms with Crippen molar-refractivity contribution in [3.63, 3.8) is 0 Å². The summed E-state index contributed by atoms with van der Waals surface area (Å²) in [6.45, 7) is 9.72. The molecule has 2 aliphatic rings. The maximum Gasteiger partial charge on any atom is 0.228 e. The van der Waals surface area contributed by atoms with Crippen molar-refractivity contribution in [3.05, 3.63) is 0 Å². The molecule has 0 spiro atoms. The van der Waals surface area contributed by atoms with E-state index in [2.05, 4.69) is 19.2 Å². The van der Waals surface area contributed by atoms with E-state index in [1.807, 2.05) is 11.8 Å². The topological polar surface area (TPSA) is 52.6 Å². The van der Waals surface area contributed by atoms with Gasteiger partial charge in [-0.25, -0.2) is 0 Å². The summed E-state index contributed by atoms with van der Waals surface area (Å²) in [4.78, 5) is 14.9. The monoisotopic (exact) mass is 282 g/mol. The first-order valence-electron chi connectivity index (χ1n) is 8.11. The molecule has 2 rings (SSSR count). The predicted octanol–water partition coefficient (Wildman–Crippen LogP) is 1.63. The second-order valence-electron chi connectivity index (χ2n) is 7.14. The van der Waals surface area contributed by atoms with Crippen molar-refractivity contribution in [1.29, 1.82) is 0 Å². The summed E-state index contributed by atoms with van der Waals surface area (Å²) in [5.74, 6) is 1.10. The molecule has 4 nitrogen and oxygen atoms in total. The van der Waals surface area contributed by atoms with Crippen LogP contribution < -0.4 is 5.32 Å². The maximum atomic E-state index is 12.8. The van der Waals surface area contributed by atoms with Crippen LogP contribution in [0.15, 0.2) is 0 Å². The molecule has 20 heavy (non-hydrogen) atoms. The number of nitrogens with zero attached hydrogens (tertiary/aromatic N) is 1. The smallest absolute Gasteiger partial charge is 0.228 e. The Labute approximate surface area is 122 Å². The molecule has 1 amide bonds. The van der Waals surface area contributed by atoms with E-state index in [4.69, 9.17) is 0 Å². The molecule has 0 bridgehead atoms. The maximum absolute atomic E-state index is 12.8. The van der Waals surface area contributed by atoms with E-state index >= 15 is 0 Å². The Morgan fingerprint density at radius 3 is 2.45 bits per heavy atom. The number of amides is 1. The molecule has 116 valence electrons. The van der Waals surface area contributed by atoms with Gasteiger partial charge in [0.05, 0.1) is 6.10 Å². The van der Waals surface area contributed by atoms with Crippen LogP contribution >= 0.6 is 0 Å². The number of hydrogen-bond donors (Lipinski definition) is 2. The minimum absolute atomic E-state index is 0.247. The third kappa shape index (κ3) is 3.34. The Morgan fingerprint density at radius 2 is 1.95 bits per heavy atom. The minimum Gasteiger partial charge on any atom is -0.393 e. The summed E-state index contributed by atoms with van der Waals surface area (Å²) in [7, 11) is 0. The van der Waals surface area contributed by atoms with Crippen molar-refractivity contribution in [1.82, 2.24) is 10.2 Å². The average Bonchev–Trinajstić information content (AvgIpc) is 2.47. The Bertz CT molecular complexity index is 327. The van der Waals surface area contributed by atoms with E-state index < -0.39 is 0 Å². The highest BCUT2D eigenvalue weighted by Crippen LogP contribution is 2.35. The molecular formula is C16H30N2O2. The molecule has 2 N–H and O–H groups in total. The fourth-order valence-electron chi connectivity index (χ4n) is 3.63. The summed E-state index contributed by atoms with van der Waals surface area (Å²) in [5.41, 5.74) is -0.273. The lowest BCUT2D eigenvalue weighted by Crippen LogP contribution is -2.51. The Balaban J connectivity index is 1.93. The van der Waals surface area contributed by atoms with Gasteiger partial charge in [0.1, 0.15) is 0 Å². The molecule has 2 heterocycles. The van der Waals surface area contributed by atoms with Gasteiger partial charge < -0.3 is 15.3 Å². The van der Waals surface area contributed by atoms with Crippen LogP contribution in [-0.4, -0.2) is 48.2 Å². The predicted molar refractivity (Wildman–Crippen MR) is 80.4 cm³/mol. The van der Waals surface area contributed by atoms with Crippen molar-refractivity contribution in [2.75, 3.05) is 26.2 Å². The third-order valence-electron chi connectivity index (χ3n) is 5.38. The summed E-state index contributed by atoms with van der Waals surface area (Å²) in [6.07, 6.45) is 3.94. The van der Waals surface area contributed by atoms with Gasteiger partial charge in [0, 0.05) is 18.5 Å². The minimum atomic E-state index is -0.273. The largest absolute Gasteiger partial charge is 0.393 e. The number of likely N-dealkylation sites (tertiary alicyclic amines) is 1. The molecule has 2 fully saturated rings. The van der Waals surface area contributed by atoms with Crippen LogP contribution in [0.3, 0.4) is 0 Å². The Hall–Kier alpha value is -0.610. The Morgan fingerprint density at radius 1 is 1.30 bits per heavy atom. The number of aliphatic hydroxyl groups is 1. The van der Waals surface area contributed by atoms with Crippen molar-refractivity contribution in [3.8, 4) is 0 Å². The van der Waals surface area contributed by atoms with Gasteiger partial charge >= 0.3 is 0 Å². The van der Waals surface area contributed by atoms with Gasteiger partial charge in [-0.15, -0.1) is 0 Å². The fourth-order valence-corrected chi connectivity index (χ4v) is 3.63. The van der Waals surface area contributed by atoms with Crippen LogP contribution in [-0.2, 0) is 4.79 Å². The number of piperidine rings is 2. The van der Waals surface area contributed by atoms with Crippen LogP contribution in [0.2, 0.25) is 0 Å². The zero-order valence-corrected chi connectivity index (χ0v) is 13.2. The third-order valence-corrected chi connectivity index (χ3v) is 5.38. The van der Waals surface area contributed by atoms with Gasteiger partial charge in [-0.05, 0) is 57.5 Å². The molecule has 2 saturated heterocycles. The van der Waals surface area contributed by atoms with Crippen LogP contribution in [0, 0.1) is 17.3 Å². The summed E-state index contributed by atoms with van der Waals surface area (Å²) < 4.78 is 0. The molecule has 0 aromatic heterocycles. The van der Waals surface area contributed by atoms with E-state index in [1.54, 1.807) is 0 Å². The fraction of sp³-hybridized carbons (Fsp3) is 0.938. The van der Waals surface area contributed by atoms with Gasteiger partial charge in [-0.2, -0.15) is 0 Å². The van der Waals surface area contributed by atoms with Gasteiger partial charge in [-0.3, -0.25) is 4.79 Å². The second-order valence-corrected chi connectivity index (χ2v) is 7.14. The molecule has 2 aliphatic heterocycles. The molecule has 0 radical (unpaired) electrons. The highest BCUT2D eigenvalue weighted by Gasteiger charge is 2.40. The highest BCUT2D eigenvalue weighted by molar-refractivity contribution is 5.82. The van der Waals surface area contributed by atoms with Crippen LogP contribution in [0.1, 0.15) is 46.5 Å². The van der Waals surface area contributed by atoms with E-state index in [-0.39, 0.29) is 11.5 Å². The van der Waals surface area contributed by atoms with Crippen molar-refractivity contribution >= 4 is 5.91 Å². The van der Waals surface area contributed by atoms with Crippen LogP contribution in [0.4, 0.5) is 0 Å². The average molecular weight is 282 g/mol. The number of rotatable bonds is 3. The summed E-state index contributed by atoms with van der Waals surface area (Å²) in [6, 6.07) is 0. The molecular weight excluding hydrogens is 252 g/mol. The highest BCUT2D eigenvalue weighted by atomic mass is 16.3. The first-order valence-corrected chi connectivity index (χ1v) is 8.11. The van der Waals surface area contributed by atoms with E-state index in [0.717, 1.165) is 45.4 Å². The zero-order chi connectivity index (χ0) is 14.8. The van der Waals surface area contributed by atoms with Gasteiger partial charge in [0.25, 0.3) is 0 Å². The van der Waals surface area contributed by atoms with Gasteiger partial charge in [0.15, 0.2) is 0 Å². The lowest BCUT2D eigenvalue weighted by atomic mass is 9.73. The Kier molecular flexibility index (Phi) is 5.08. The molecule has 2 atom stereocenters. The van der Waals surface area contributed by atoms with Gasteiger partial charge in [0.2, 0.25) is 5.91 Å². The normalized spacial score (nSPS) is 27.4. The molecule has 0 saturated carbocycles. The van der Waals surface area contributed by atoms with E-state index in [9.17, 15) is 9.90 Å². The lowest BCUT2D eigenvalue weighted by Gasteiger charge is -2.42. The quantitative estimate of drug-likeness (QED) is 0.827. The van der Waals surface area contributed by atoms with Crippen LogP contribution in [0.5, 0.6) is 0 Å². The molecule has 4 heteroatoms.